The van der Waals surface area contributed by atoms with Gasteiger partial charge in [0, 0.05) is 19.2 Å². The average molecular weight is 292 g/mol. The minimum atomic E-state index is -0.505. The molecule has 1 fully saturated rings. The van der Waals surface area contributed by atoms with Crippen molar-refractivity contribution >= 4 is 22.4 Å². The van der Waals surface area contributed by atoms with E-state index in [2.05, 4.69) is 20.3 Å². The fraction of sp³-hybridized carbons (Fsp3) is 0.538. The Morgan fingerprint density at radius 3 is 2.86 bits per heavy atom. The van der Waals surface area contributed by atoms with Crippen molar-refractivity contribution in [2.75, 3.05) is 18.5 Å². The van der Waals surface area contributed by atoms with Crippen molar-refractivity contribution in [2.45, 2.75) is 19.3 Å². The SMILES string of the molecule is O=[N+]([O-])c1ccc(NCC2CCCC2CO)c2nonc12. The number of hydrogen-bond acceptors (Lipinski definition) is 7. The molecule has 1 aromatic carbocycles. The lowest BCUT2D eigenvalue weighted by atomic mass is 9.97. The van der Waals surface area contributed by atoms with Gasteiger partial charge in [-0.2, -0.15) is 0 Å². The van der Waals surface area contributed by atoms with Gasteiger partial charge in [0.2, 0.25) is 5.52 Å². The molecule has 0 radical (unpaired) electrons. The highest BCUT2D eigenvalue weighted by Gasteiger charge is 2.27. The largest absolute Gasteiger partial charge is 0.396 e. The highest BCUT2D eigenvalue weighted by atomic mass is 16.6. The van der Waals surface area contributed by atoms with Gasteiger partial charge in [0.05, 0.1) is 10.6 Å². The molecule has 0 bridgehead atoms. The van der Waals surface area contributed by atoms with Crippen LogP contribution in [0.5, 0.6) is 0 Å². The van der Waals surface area contributed by atoms with E-state index in [1.807, 2.05) is 0 Å². The molecule has 112 valence electrons. The molecule has 2 unspecified atom stereocenters. The lowest BCUT2D eigenvalue weighted by molar-refractivity contribution is -0.383. The summed E-state index contributed by atoms with van der Waals surface area (Å²) in [6, 6.07) is 3.01. The van der Waals surface area contributed by atoms with E-state index in [-0.39, 0.29) is 17.8 Å². The Morgan fingerprint density at radius 2 is 2.10 bits per heavy atom. The van der Waals surface area contributed by atoms with Gasteiger partial charge in [-0.3, -0.25) is 10.1 Å². The van der Waals surface area contributed by atoms with Crippen molar-refractivity contribution < 1.29 is 14.7 Å². The number of benzene rings is 1. The monoisotopic (exact) mass is 292 g/mol. The fourth-order valence-corrected chi connectivity index (χ4v) is 3.01. The summed E-state index contributed by atoms with van der Waals surface area (Å²) in [5.74, 6) is 0.724. The number of nitro benzene ring substituents is 1. The van der Waals surface area contributed by atoms with Crippen molar-refractivity contribution in [2.24, 2.45) is 11.8 Å². The summed E-state index contributed by atoms with van der Waals surface area (Å²) >= 11 is 0. The van der Waals surface area contributed by atoms with Crippen LogP contribution in [-0.4, -0.2) is 33.5 Å². The number of non-ortho nitro benzene ring substituents is 1. The molecule has 2 N–H and O–H groups in total. The summed E-state index contributed by atoms with van der Waals surface area (Å²) in [7, 11) is 0. The van der Waals surface area contributed by atoms with Gasteiger partial charge in [0.25, 0.3) is 0 Å². The number of hydrogen-bond donors (Lipinski definition) is 2. The highest BCUT2D eigenvalue weighted by Crippen LogP contribution is 2.33. The zero-order valence-electron chi connectivity index (χ0n) is 11.4. The zero-order chi connectivity index (χ0) is 14.8. The van der Waals surface area contributed by atoms with E-state index >= 15 is 0 Å². The number of aromatic nitrogens is 2. The third-order valence-corrected chi connectivity index (χ3v) is 4.20. The van der Waals surface area contributed by atoms with Crippen LogP contribution in [0.2, 0.25) is 0 Å². The summed E-state index contributed by atoms with van der Waals surface area (Å²) in [6.07, 6.45) is 3.24. The van der Waals surface area contributed by atoms with E-state index < -0.39 is 4.92 Å². The first-order valence-electron chi connectivity index (χ1n) is 6.95. The predicted molar refractivity (Wildman–Crippen MR) is 74.9 cm³/mol. The first kappa shape index (κ1) is 13.7. The van der Waals surface area contributed by atoms with Crippen LogP contribution >= 0.6 is 0 Å². The molecule has 2 atom stereocenters. The second-order valence-electron chi connectivity index (χ2n) is 5.37. The van der Waals surface area contributed by atoms with Crippen LogP contribution < -0.4 is 5.32 Å². The summed E-state index contributed by atoms with van der Waals surface area (Å²) in [5.41, 5.74) is 1.06. The Morgan fingerprint density at radius 1 is 1.33 bits per heavy atom. The van der Waals surface area contributed by atoms with Crippen LogP contribution in [0.1, 0.15) is 19.3 Å². The molecule has 0 spiro atoms. The third-order valence-electron chi connectivity index (χ3n) is 4.20. The minimum absolute atomic E-state index is 0.120. The summed E-state index contributed by atoms with van der Waals surface area (Å²) in [5, 5.41) is 30.8. The maximum Gasteiger partial charge on any atom is 0.300 e. The van der Waals surface area contributed by atoms with Gasteiger partial charge in [-0.15, -0.1) is 0 Å². The zero-order valence-corrected chi connectivity index (χ0v) is 11.4. The van der Waals surface area contributed by atoms with Crippen molar-refractivity contribution in [3.63, 3.8) is 0 Å². The molecule has 1 aliphatic carbocycles. The van der Waals surface area contributed by atoms with Crippen molar-refractivity contribution in [3.8, 4) is 0 Å². The van der Waals surface area contributed by atoms with Crippen LogP contribution in [0.25, 0.3) is 11.0 Å². The van der Waals surface area contributed by atoms with E-state index in [0.29, 0.717) is 29.6 Å². The Balaban J connectivity index is 1.80. The van der Waals surface area contributed by atoms with E-state index in [0.717, 1.165) is 19.3 Å². The van der Waals surface area contributed by atoms with Crippen molar-refractivity contribution in [1.29, 1.82) is 0 Å². The second-order valence-corrected chi connectivity index (χ2v) is 5.37. The molecule has 3 rings (SSSR count). The summed E-state index contributed by atoms with van der Waals surface area (Å²) in [4.78, 5) is 10.4. The molecule has 1 heterocycles. The second kappa shape index (κ2) is 5.65. The number of aliphatic hydroxyl groups excluding tert-OH is 1. The highest BCUT2D eigenvalue weighted by molar-refractivity contribution is 5.93. The van der Waals surface area contributed by atoms with Crippen LogP contribution in [0.4, 0.5) is 11.4 Å². The molecule has 8 heteroatoms. The molecular weight excluding hydrogens is 276 g/mol. The van der Waals surface area contributed by atoms with Gasteiger partial charge in [-0.05, 0) is 41.1 Å². The first-order valence-corrected chi connectivity index (χ1v) is 6.95. The number of anilines is 1. The number of nitrogens with one attached hydrogen (secondary N) is 1. The lowest BCUT2D eigenvalue weighted by Crippen LogP contribution is -2.20. The molecule has 8 nitrogen and oxygen atoms in total. The van der Waals surface area contributed by atoms with Gasteiger partial charge in [-0.25, -0.2) is 4.63 Å². The van der Waals surface area contributed by atoms with E-state index in [4.69, 9.17) is 0 Å². The molecule has 1 saturated carbocycles. The van der Waals surface area contributed by atoms with Gasteiger partial charge in [0.15, 0.2) is 5.52 Å². The number of nitro groups is 1. The third kappa shape index (κ3) is 2.54. The number of aliphatic hydroxyl groups is 1. The Bertz CT molecular complexity index is 657. The normalized spacial score (nSPS) is 21.8. The van der Waals surface area contributed by atoms with Crippen LogP contribution in [0.15, 0.2) is 16.8 Å². The van der Waals surface area contributed by atoms with Gasteiger partial charge >= 0.3 is 5.69 Å². The first-order chi connectivity index (χ1) is 10.2. The minimum Gasteiger partial charge on any atom is -0.396 e. The number of nitrogens with zero attached hydrogens (tertiary/aromatic N) is 3. The number of fused-ring (bicyclic) bond motifs is 1. The van der Waals surface area contributed by atoms with Crippen LogP contribution in [0.3, 0.4) is 0 Å². The van der Waals surface area contributed by atoms with Gasteiger partial charge < -0.3 is 10.4 Å². The van der Waals surface area contributed by atoms with Crippen molar-refractivity contribution in [1.82, 2.24) is 10.3 Å². The molecule has 2 aromatic rings. The van der Waals surface area contributed by atoms with E-state index in [1.54, 1.807) is 6.07 Å². The maximum atomic E-state index is 10.9. The Hall–Kier alpha value is -2.22. The fourth-order valence-electron chi connectivity index (χ4n) is 3.01. The predicted octanol–water partition coefficient (Wildman–Crippen LogP) is 1.95. The van der Waals surface area contributed by atoms with Crippen LogP contribution in [-0.2, 0) is 0 Å². The van der Waals surface area contributed by atoms with Gasteiger partial charge in [-0.1, -0.05) is 6.42 Å². The Labute approximate surface area is 120 Å². The quantitative estimate of drug-likeness (QED) is 0.639. The average Bonchev–Trinajstić information content (AvgIpc) is 3.12. The molecule has 0 amide bonds. The Kier molecular flexibility index (Phi) is 3.70. The molecule has 0 saturated heterocycles. The molecule has 1 aliphatic rings. The molecule has 0 aliphatic heterocycles. The molecular formula is C13H16N4O4. The summed E-state index contributed by atoms with van der Waals surface area (Å²) in [6.45, 7) is 0.901. The lowest BCUT2D eigenvalue weighted by Gasteiger charge is -2.18. The summed E-state index contributed by atoms with van der Waals surface area (Å²) < 4.78 is 4.63. The molecule has 21 heavy (non-hydrogen) atoms. The van der Waals surface area contributed by atoms with Crippen molar-refractivity contribution in [3.05, 3.63) is 22.2 Å². The molecule has 1 aromatic heterocycles. The smallest absolute Gasteiger partial charge is 0.300 e. The van der Waals surface area contributed by atoms with E-state index in [1.165, 1.54) is 6.07 Å². The van der Waals surface area contributed by atoms with Gasteiger partial charge in [0.1, 0.15) is 0 Å². The van der Waals surface area contributed by atoms with E-state index in [9.17, 15) is 15.2 Å². The maximum absolute atomic E-state index is 10.9. The van der Waals surface area contributed by atoms with Crippen LogP contribution in [0, 0.1) is 22.0 Å². The number of rotatable bonds is 5. The topological polar surface area (TPSA) is 114 Å². The standard InChI is InChI=1S/C13H16N4O4/c18-7-9-3-1-2-8(9)6-14-10-4-5-11(17(19)20)13-12(10)15-21-16-13/h4-5,8-9,14,18H,1-3,6-7H2.